The van der Waals surface area contributed by atoms with Crippen LogP contribution in [0.25, 0.3) is 0 Å². The van der Waals surface area contributed by atoms with E-state index in [0.717, 1.165) is 5.75 Å². The Bertz CT molecular complexity index is 793. The molecule has 0 bridgehead atoms. The maximum absolute atomic E-state index is 13.0. The number of rotatable bonds is 12. The highest BCUT2D eigenvalue weighted by molar-refractivity contribution is 7.98. The Morgan fingerprint density at radius 3 is 2.72 bits per heavy atom. The second-order valence-corrected chi connectivity index (χ2v) is 8.85. The van der Waals surface area contributed by atoms with Crippen LogP contribution in [0.3, 0.4) is 0 Å². The monoisotopic (exact) mass is 486 g/mol. The van der Waals surface area contributed by atoms with Gasteiger partial charge in [-0.1, -0.05) is 0 Å². The minimum Gasteiger partial charge on any atom is -0.480 e. The number of aliphatic carboxylic acids is 1. The van der Waals surface area contributed by atoms with Crippen LogP contribution < -0.4 is 16.4 Å². The summed E-state index contributed by atoms with van der Waals surface area (Å²) in [6.45, 7) is 0.419. The van der Waals surface area contributed by atoms with Gasteiger partial charge in [0.1, 0.15) is 18.1 Å². The second-order valence-electron chi connectivity index (χ2n) is 7.50. The van der Waals surface area contributed by atoms with E-state index in [2.05, 4.69) is 33.2 Å². The van der Waals surface area contributed by atoms with E-state index >= 15 is 0 Å². The zero-order valence-corrected chi connectivity index (χ0v) is 19.5. The third-order valence-corrected chi connectivity index (χ3v) is 6.21. The lowest BCUT2D eigenvalue weighted by Crippen LogP contribution is -2.57. The molecule has 1 fully saturated rings. The van der Waals surface area contributed by atoms with Crippen molar-refractivity contribution in [2.24, 2.45) is 5.73 Å². The van der Waals surface area contributed by atoms with E-state index in [-0.39, 0.29) is 18.1 Å². The van der Waals surface area contributed by atoms with Crippen molar-refractivity contribution in [1.82, 2.24) is 25.5 Å². The number of nitrogens with one attached hydrogen (secondary N) is 3. The smallest absolute Gasteiger partial charge is 0.327 e. The van der Waals surface area contributed by atoms with Gasteiger partial charge < -0.3 is 31.4 Å². The van der Waals surface area contributed by atoms with E-state index < -0.39 is 42.0 Å². The Balaban J connectivity index is 2.11. The fourth-order valence-corrected chi connectivity index (χ4v) is 4.17. The number of imidazole rings is 1. The van der Waals surface area contributed by atoms with E-state index in [1.807, 2.05) is 6.26 Å². The third kappa shape index (κ3) is 7.14. The normalized spacial score (nSPS) is 18.6. The standard InChI is InChI=1S/C19H30N6O5S2/c1-32-6-4-12(20)18(28)25-5-2-3-15(25)17(27)23-13(7-11-8-21-10-22-11)16(26)24-14(9-31)19(29)30/h8,10,12-15,31H,2-7,9,20H2,1H3,(H,21,22)(H,23,27)(H,24,26)(H,29,30). The van der Waals surface area contributed by atoms with Crippen molar-refractivity contribution in [1.29, 1.82) is 0 Å². The molecule has 32 heavy (non-hydrogen) atoms. The fourth-order valence-electron chi connectivity index (χ4n) is 3.44. The van der Waals surface area contributed by atoms with Gasteiger partial charge in [-0.15, -0.1) is 0 Å². The lowest BCUT2D eigenvalue weighted by atomic mass is 10.1. The number of amides is 3. The minimum atomic E-state index is -1.23. The predicted octanol–water partition coefficient (Wildman–Crippen LogP) is -0.992. The number of carboxylic acids is 1. The summed E-state index contributed by atoms with van der Waals surface area (Å²) in [4.78, 5) is 58.1. The third-order valence-electron chi connectivity index (χ3n) is 5.20. The summed E-state index contributed by atoms with van der Waals surface area (Å²) in [5.41, 5.74) is 6.59. The van der Waals surface area contributed by atoms with Crippen LogP contribution in [0.1, 0.15) is 25.0 Å². The lowest BCUT2D eigenvalue weighted by molar-refractivity contribution is -0.142. The molecule has 1 aromatic rings. The summed E-state index contributed by atoms with van der Waals surface area (Å²) in [7, 11) is 0. The van der Waals surface area contributed by atoms with E-state index in [1.165, 1.54) is 17.4 Å². The SMILES string of the molecule is CSCCC(N)C(=O)N1CCCC1C(=O)NC(Cc1cnc[nH]1)C(=O)NC(CS)C(=O)O. The highest BCUT2D eigenvalue weighted by Gasteiger charge is 2.37. The number of likely N-dealkylation sites (tertiary alicyclic amines) is 1. The first-order valence-corrected chi connectivity index (χ1v) is 12.3. The average Bonchev–Trinajstić information content (AvgIpc) is 3.46. The van der Waals surface area contributed by atoms with Gasteiger partial charge in [0.25, 0.3) is 0 Å². The van der Waals surface area contributed by atoms with Gasteiger partial charge in [0.15, 0.2) is 0 Å². The number of thioether (sulfide) groups is 1. The van der Waals surface area contributed by atoms with Crippen molar-refractivity contribution in [3.05, 3.63) is 18.2 Å². The topological polar surface area (TPSA) is 171 Å². The molecular weight excluding hydrogens is 456 g/mol. The summed E-state index contributed by atoms with van der Waals surface area (Å²) in [5, 5.41) is 14.3. The number of H-pyrrole nitrogens is 1. The molecule has 0 spiro atoms. The Labute approximate surface area is 196 Å². The number of hydrogen-bond donors (Lipinski definition) is 6. The Hall–Kier alpha value is -2.25. The molecule has 0 aromatic carbocycles. The number of nitrogens with zero attached hydrogens (tertiary/aromatic N) is 2. The Morgan fingerprint density at radius 1 is 1.38 bits per heavy atom. The van der Waals surface area contributed by atoms with Crippen LogP contribution in [0, 0.1) is 0 Å². The van der Waals surface area contributed by atoms with Crippen LogP contribution >= 0.6 is 24.4 Å². The molecule has 4 unspecified atom stereocenters. The number of aromatic nitrogens is 2. The summed E-state index contributed by atoms with van der Waals surface area (Å²) in [6.07, 6.45) is 6.57. The summed E-state index contributed by atoms with van der Waals surface area (Å²) in [5.74, 6) is -2.03. The zero-order valence-electron chi connectivity index (χ0n) is 17.8. The van der Waals surface area contributed by atoms with Gasteiger partial charge in [-0.05, 0) is 31.3 Å². The first-order chi connectivity index (χ1) is 15.3. The molecule has 6 N–H and O–H groups in total. The van der Waals surface area contributed by atoms with Crippen molar-refractivity contribution in [3.8, 4) is 0 Å². The molecule has 178 valence electrons. The molecule has 2 rings (SSSR count). The number of hydrogen-bond acceptors (Lipinski definition) is 8. The van der Waals surface area contributed by atoms with Crippen molar-refractivity contribution in [2.75, 3.05) is 24.3 Å². The number of aromatic amines is 1. The molecule has 3 amide bonds. The summed E-state index contributed by atoms with van der Waals surface area (Å²) in [6, 6.07) is -3.69. The Morgan fingerprint density at radius 2 is 2.12 bits per heavy atom. The van der Waals surface area contributed by atoms with Gasteiger partial charge in [0, 0.05) is 30.6 Å². The highest BCUT2D eigenvalue weighted by Crippen LogP contribution is 2.19. The molecular formula is C19H30N6O5S2. The first-order valence-electron chi connectivity index (χ1n) is 10.2. The molecule has 0 radical (unpaired) electrons. The lowest BCUT2D eigenvalue weighted by Gasteiger charge is -2.28. The number of thiol groups is 1. The van der Waals surface area contributed by atoms with Crippen molar-refractivity contribution < 1.29 is 24.3 Å². The van der Waals surface area contributed by atoms with Crippen LogP contribution in [0.5, 0.6) is 0 Å². The first kappa shape index (κ1) is 26.0. The largest absolute Gasteiger partial charge is 0.480 e. The van der Waals surface area contributed by atoms with Gasteiger partial charge in [0.05, 0.1) is 12.4 Å². The van der Waals surface area contributed by atoms with Gasteiger partial charge in [-0.3, -0.25) is 14.4 Å². The van der Waals surface area contributed by atoms with Gasteiger partial charge in [-0.25, -0.2) is 9.78 Å². The molecule has 13 heteroatoms. The number of nitrogens with two attached hydrogens (primary N) is 1. The number of carbonyl (C=O) groups excluding carboxylic acids is 3. The second kappa shape index (κ2) is 12.7. The molecule has 2 heterocycles. The maximum Gasteiger partial charge on any atom is 0.327 e. The highest BCUT2D eigenvalue weighted by atomic mass is 32.2. The Kier molecular flexibility index (Phi) is 10.3. The molecule has 1 aliphatic rings. The molecule has 0 aliphatic carbocycles. The molecule has 4 atom stereocenters. The molecule has 1 aliphatic heterocycles. The predicted molar refractivity (Wildman–Crippen MR) is 123 cm³/mol. The van der Waals surface area contributed by atoms with Gasteiger partial charge in [-0.2, -0.15) is 24.4 Å². The number of carbonyl (C=O) groups is 4. The van der Waals surface area contributed by atoms with Crippen molar-refractivity contribution >= 4 is 48.1 Å². The summed E-state index contributed by atoms with van der Waals surface area (Å²) >= 11 is 5.54. The van der Waals surface area contributed by atoms with Crippen molar-refractivity contribution in [3.63, 3.8) is 0 Å². The van der Waals surface area contributed by atoms with Crippen LogP contribution in [-0.2, 0) is 25.6 Å². The van der Waals surface area contributed by atoms with Crippen LogP contribution in [-0.4, -0.2) is 92.1 Å². The van der Waals surface area contributed by atoms with E-state index in [0.29, 0.717) is 31.5 Å². The van der Waals surface area contributed by atoms with Crippen LogP contribution in [0.4, 0.5) is 0 Å². The van der Waals surface area contributed by atoms with E-state index in [1.54, 1.807) is 11.8 Å². The zero-order chi connectivity index (χ0) is 23.7. The van der Waals surface area contributed by atoms with Crippen LogP contribution in [0.15, 0.2) is 12.5 Å². The molecule has 11 nitrogen and oxygen atoms in total. The fraction of sp³-hybridized carbons (Fsp3) is 0.632. The van der Waals surface area contributed by atoms with Crippen molar-refractivity contribution in [2.45, 2.75) is 49.9 Å². The molecule has 1 saturated heterocycles. The van der Waals surface area contributed by atoms with E-state index in [4.69, 9.17) is 5.73 Å². The summed E-state index contributed by atoms with van der Waals surface area (Å²) < 4.78 is 0. The van der Waals surface area contributed by atoms with Gasteiger partial charge >= 0.3 is 5.97 Å². The average molecular weight is 487 g/mol. The maximum atomic E-state index is 13.0. The molecule has 1 aromatic heterocycles. The quantitative estimate of drug-likeness (QED) is 0.204. The number of carboxylic acid groups (broad SMARTS) is 1. The van der Waals surface area contributed by atoms with Gasteiger partial charge in [0.2, 0.25) is 17.7 Å². The van der Waals surface area contributed by atoms with E-state index in [9.17, 15) is 24.3 Å². The van der Waals surface area contributed by atoms with Crippen LogP contribution in [0.2, 0.25) is 0 Å². The molecule has 0 saturated carbocycles. The minimum absolute atomic E-state index is 0.0738.